The molecule has 1 N–H and O–H groups in total. The van der Waals surface area contributed by atoms with Gasteiger partial charge in [0.15, 0.2) is 6.61 Å². The number of nitrogens with one attached hydrogen (secondary N) is 1. The average Bonchev–Trinajstić information content (AvgIpc) is 2.68. The molecule has 8 heteroatoms. The lowest BCUT2D eigenvalue weighted by Crippen LogP contribution is -2.34. The van der Waals surface area contributed by atoms with Gasteiger partial charge in [-0.2, -0.15) is 13.2 Å². The molecule has 1 fully saturated rings. The summed E-state index contributed by atoms with van der Waals surface area (Å²) in [5.74, 6) is -0.858. The monoisotopic (exact) mass is 406 g/mol. The van der Waals surface area contributed by atoms with E-state index in [-0.39, 0.29) is 5.91 Å². The number of ether oxygens (including phenoxy) is 1. The number of carbonyl (C=O) groups is 2. The fourth-order valence-electron chi connectivity index (χ4n) is 3.16. The molecule has 0 bridgehead atoms. The number of anilines is 1. The van der Waals surface area contributed by atoms with E-state index in [1.54, 1.807) is 23.1 Å². The summed E-state index contributed by atoms with van der Waals surface area (Å²) in [6, 6.07) is 11.8. The molecule has 2 aromatic carbocycles. The number of hydrogen-bond acceptors (Lipinski definition) is 3. The van der Waals surface area contributed by atoms with Gasteiger partial charge in [-0.05, 0) is 42.7 Å². The minimum Gasteiger partial charge on any atom is -0.483 e. The maximum atomic E-state index is 13.0. The number of amides is 2. The summed E-state index contributed by atoms with van der Waals surface area (Å²) < 4.78 is 44.0. The van der Waals surface area contributed by atoms with Crippen molar-refractivity contribution in [3.05, 3.63) is 59.7 Å². The molecule has 1 heterocycles. The Morgan fingerprint density at radius 3 is 2.66 bits per heavy atom. The standard InChI is InChI=1S/C21H21F3N2O3/c22-21(23,24)17-8-1-2-9-18(17)29-14-19(27)25-16-7-5-6-15(12-16)13-26-11-4-3-10-20(26)28/h1-2,5-9,12H,3-4,10-11,13-14H2,(H,25,27). The Labute approximate surface area is 166 Å². The highest BCUT2D eigenvalue weighted by molar-refractivity contribution is 5.92. The van der Waals surface area contributed by atoms with E-state index in [9.17, 15) is 22.8 Å². The quantitative estimate of drug-likeness (QED) is 0.781. The van der Waals surface area contributed by atoms with Gasteiger partial charge < -0.3 is 15.0 Å². The number of piperidine rings is 1. The molecule has 0 atom stereocenters. The Bertz CT molecular complexity index is 883. The van der Waals surface area contributed by atoms with Gasteiger partial charge in [0.1, 0.15) is 5.75 Å². The van der Waals surface area contributed by atoms with E-state index in [0.29, 0.717) is 25.2 Å². The molecule has 2 aromatic rings. The Kier molecular flexibility index (Phi) is 6.41. The largest absolute Gasteiger partial charge is 0.483 e. The number of carbonyl (C=O) groups excluding carboxylic acids is 2. The van der Waals surface area contributed by atoms with Crippen LogP contribution in [0, 0.1) is 0 Å². The minimum absolute atomic E-state index is 0.113. The Hall–Kier alpha value is -3.03. The number of benzene rings is 2. The molecule has 0 aliphatic carbocycles. The third-order valence-electron chi connectivity index (χ3n) is 4.56. The summed E-state index contributed by atoms with van der Waals surface area (Å²) in [5, 5.41) is 2.61. The van der Waals surface area contributed by atoms with E-state index in [4.69, 9.17) is 4.74 Å². The molecule has 0 spiro atoms. The normalized spacial score (nSPS) is 14.6. The van der Waals surface area contributed by atoms with Crippen LogP contribution in [0.2, 0.25) is 0 Å². The smallest absolute Gasteiger partial charge is 0.419 e. The van der Waals surface area contributed by atoms with Crippen molar-refractivity contribution < 1.29 is 27.5 Å². The first-order valence-corrected chi connectivity index (χ1v) is 9.28. The molecule has 0 saturated carbocycles. The van der Waals surface area contributed by atoms with Crippen LogP contribution in [0.1, 0.15) is 30.4 Å². The second-order valence-corrected chi connectivity index (χ2v) is 6.80. The van der Waals surface area contributed by atoms with Crippen LogP contribution in [0.5, 0.6) is 5.75 Å². The van der Waals surface area contributed by atoms with Crippen LogP contribution in [0.3, 0.4) is 0 Å². The van der Waals surface area contributed by atoms with Crippen molar-refractivity contribution in [3.8, 4) is 5.75 Å². The topological polar surface area (TPSA) is 58.6 Å². The lowest BCUT2D eigenvalue weighted by atomic mass is 10.1. The van der Waals surface area contributed by atoms with Crippen LogP contribution >= 0.6 is 0 Å². The Morgan fingerprint density at radius 2 is 1.90 bits per heavy atom. The van der Waals surface area contributed by atoms with Gasteiger partial charge in [-0.3, -0.25) is 9.59 Å². The molecule has 3 rings (SSSR count). The molecule has 0 radical (unpaired) electrons. The second kappa shape index (κ2) is 8.98. The van der Waals surface area contributed by atoms with Crippen molar-refractivity contribution in [1.29, 1.82) is 0 Å². The number of para-hydroxylation sites is 1. The fraction of sp³-hybridized carbons (Fsp3) is 0.333. The summed E-state index contributed by atoms with van der Waals surface area (Å²) in [6.45, 7) is 0.613. The molecule has 154 valence electrons. The second-order valence-electron chi connectivity index (χ2n) is 6.80. The van der Waals surface area contributed by atoms with Crippen molar-refractivity contribution in [1.82, 2.24) is 4.90 Å². The van der Waals surface area contributed by atoms with Gasteiger partial charge >= 0.3 is 6.18 Å². The predicted octanol–water partition coefficient (Wildman–Crippen LogP) is 4.24. The molecular weight excluding hydrogens is 385 g/mol. The summed E-state index contributed by atoms with van der Waals surface area (Å²) in [6.07, 6.45) is -2.14. The van der Waals surface area contributed by atoms with Crippen LogP contribution in [-0.2, 0) is 22.3 Å². The maximum absolute atomic E-state index is 13.0. The summed E-state index contributed by atoms with van der Waals surface area (Å²) in [4.78, 5) is 25.8. The van der Waals surface area contributed by atoms with Crippen LogP contribution in [0.15, 0.2) is 48.5 Å². The van der Waals surface area contributed by atoms with Crippen molar-refractivity contribution in [2.45, 2.75) is 32.0 Å². The molecule has 1 aliphatic rings. The third kappa shape index (κ3) is 5.73. The summed E-state index contributed by atoms with van der Waals surface area (Å²) >= 11 is 0. The first kappa shape index (κ1) is 20.7. The van der Waals surface area contributed by atoms with Crippen molar-refractivity contribution in [2.24, 2.45) is 0 Å². The zero-order valence-electron chi connectivity index (χ0n) is 15.7. The van der Waals surface area contributed by atoms with E-state index < -0.39 is 30.0 Å². The van der Waals surface area contributed by atoms with Gasteiger partial charge in [0.25, 0.3) is 5.91 Å². The van der Waals surface area contributed by atoms with Crippen LogP contribution < -0.4 is 10.1 Å². The number of nitrogens with zero attached hydrogens (tertiary/aromatic N) is 1. The molecule has 1 saturated heterocycles. The molecule has 0 unspecified atom stereocenters. The molecular formula is C21H21F3N2O3. The zero-order chi connectivity index (χ0) is 20.9. The summed E-state index contributed by atoms with van der Waals surface area (Å²) in [7, 11) is 0. The van der Waals surface area contributed by atoms with Gasteiger partial charge in [-0.1, -0.05) is 24.3 Å². The van der Waals surface area contributed by atoms with Crippen molar-refractivity contribution in [2.75, 3.05) is 18.5 Å². The molecule has 1 aliphatic heterocycles. The number of alkyl halides is 3. The minimum atomic E-state index is -4.56. The highest BCUT2D eigenvalue weighted by atomic mass is 19.4. The van der Waals surface area contributed by atoms with E-state index in [1.165, 1.54) is 18.2 Å². The summed E-state index contributed by atoms with van der Waals surface area (Å²) in [5.41, 5.74) is 0.423. The van der Waals surface area contributed by atoms with Gasteiger partial charge in [-0.15, -0.1) is 0 Å². The lowest BCUT2D eigenvalue weighted by Gasteiger charge is -2.26. The lowest BCUT2D eigenvalue weighted by molar-refractivity contribution is -0.139. The SMILES string of the molecule is O=C(COc1ccccc1C(F)(F)F)Nc1cccc(CN2CCCCC2=O)c1. The predicted molar refractivity (Wildman–Crippen MR) is 101 cm³/mol. The molecule has 2 amide bonds. The van der Waals surface area contributed by atoms with Gasteiger partial charge in [-0.25, -0.2) is 0 Å². The van der Waals surface area contributed by atoms with Crippen LogP contribution in [0.25, 0.3) is 0 Å². The van der Waals surface area contributed by atoms with E-state index in [0.717, 1.165) is 24.5 Å². The van der Waals surface area contributed by atoms with Crippen molar-refractivity contribution in [3.63, 3.8) is 0 Å². The first-order chi connectivity index (χ1) is 13.8. The van der Waals surface area contributed by atoms with Crippen LogP contribution in [-0.4, -0.2) is 29.9 Å². The number of halogens is 3. The molecule has 5 nitrogen and oxygen atoms in total. The van der Waals surface area contributed by atoms with E-state index >= 15 is 0 Å². The fourth-order valence-corrected chi connectivity index (χ4v) is 3.16. The van der Waals surface area contributed by atoms with Gasteiger partial charge in [0.05, 0.1) is 5.56 Å². The number of rotatable bonds is 6. The van der Waals surface area contributed by atoms with Crippen LogP contribution in [0.4, 0.5) is 18.9 Å². The Morgan fingerprint density at radius 1 is 1.10 bits per heavy atom. The van der Waals surface area contributed by atoms with E-state index in [1.807, 2.05) is 6.07 Å². The highest BCUT2D eigenvalue weighted by Gasteiger charge is 2.34. The third-order valence-corrected chi connectivity index (χ3v) is 4.56. The van der Waals surface area contributed by atoms with Crippen molar-refractivity contribution >= 4 is 17.5 Å². The Balaban J connectivity index is 1.58. The van der Waals surface area contributed by atoms with Gasteiger partial charge in [0, 0.05) is 25.2 Å². The molecule has 0 aromatic heterocycles. The molecule has 29 heavy (non-hydrogen) atoms. The first-order valence-electron chi connectivity index (χ1n) is 9.28. The number of likely N-dealkylation sites (tertiary alicyclic amines) is 1. The highest BCUT2D eigenvalue weighted by Crippen LogP contribution is 2.35. The van der Waals surface area contributed by atoms with Gasteiger partial charge in [0.2, 0.25) is 5.91 Å². The zero-order valence-corrected chi connectivity index (χ0v) is 15.7. The number of hydrogen-bond donors (Lipinski definition) is 1. The van der Waals surface area contributed by atoms with E-state index in [2.05, 4.69) is 5.32 Å². The average molecular weight is 406 g/mol. The maximum Gasteiger partial charge on any atom is 0.419 e.